The van der Waals surface area contributed by atoms with Crippen molar-refractivity contribution in [3.63, 3.8) is 0 Å². The molecule has 1 rings (SSSR count). The highest BCUT2D eigenvalue weighted by atomic mass is 16.5. The fourth-order valence-corrected chi connectivity index (χ4v) is 2.55. The second kappa shape index (κ2) is 7.31. The average molecular weight is 244 g/mol. The molecule has 0 spiro atoms. The van der Waals surface area contributed by atoms with Gasteiger partial charge in [-0.3, -0.25) is 0 Å². The van der Waals surface area contributed by atoms with Crippen molar-refractivity contribution >= 4 is 0 Å². The topological polar surface area (TPSA) is 44.7 Å². The van der Waals surface area contributed by atoms with Crippen LogP contribution in [0.25, 0.3) is 0 Å². The summed E-state index contributed by atoms with van der Waals surface area (Å²) in [5.74, 6) is 0. The van der Waals surface area contributed by atoms with Crippen LogP contribution in [0.5, 0.6) is 0 Å². The maximum Gasteiger partial charge on any atom is 0.0615 e. The molecule has 0 aromatic heterocycles. The van der Waals surface area contributed by atoms with Crippen LogP contribution >= 0.6 is 0 Å². The highest BCUT2D eigenvalue weighted by Gasteiger charge is 2.34. The Bertz CT molecular complexity index is 210. The molecule has 2 N–H and O–H groups in total. The summed E-state index contributed by atoms with van der Waals surface area (Å²) in [6.07, 6.45) is 2.06. The molecule has 1 fully saturated rings. The van der Waals surface area contributed by atoms with Crippen LogP contribution in [-0.2, 0) is 4.74 Å². The van der Waals surface area contributed by atoms with Crippen LogP contribution in [0.15, 0.2) is 0 Å². The lowest BCUT2D eigenvalue weighted by molar-refractivity contribution is -0.0362. The molecular weight excluding hydrogens is 216 g/mol. The van der Waals surface area contributed by atoms with Gasteiger partial charge >= 0.3 is 0 Å². The van der Waals surface area contributed by atoms with Gasteiger partial charge < -0.3 is 20.1 Å². The average Bonchev–Trinajstić information content (AvgIpc) is 2.35. The standard InChI is InChI=1S/C13H28N2O2/c1-4-15(5-2)8-7-14-13(11-16)6-9-17-12(3)10-13/h12,14,16H,4-11H2,1-3H3. The van der Waals surface area contributed by atoms with Gasteiger partial charge in [0.2, 0.25) is 0 Å². The Kier molecular flexibility index (Phi) is 6.41. The number of aliphatic hydroxyl groups excluding tert-OH is 1. The number of ether oxygens (including phenoxy) is 1. The van der Waals surface area contributed by atoms with Crippen molar-refractivity contribution in [1.29, 1.82) is 0 Å². The minimum atomic E-state index is -0.120. The van der Waals surface area contributed by atoms with Gasteiger partial charge in [-0.1, -0.05) is 13.8 Å². The molecule has 2 unspecified atom stereocenters. The molecule has 0 saturated carbocycles. The van der Waals surface area contributed by atoms with E-state index in [1.54, 1.807) is 0 Å². The second-order valence-corrected chi connectivity index (χ2v) is 5.03. The molecule has 0 aromatic rings. The van der Waals surface area contributed by atoms with Crippen molar-refractivity contribution in [3.8, 4) is 0 Å². The van der Waals surface area contributed by atoms with E-state index in [-0.39, 0.29) is 18.2 Å². The normalized spacial score (nSPS) is 29.8. The molecule has 0 amide bonds. The van der Waals surface area contributed by atoms with Gasteiger partial charge in [0.1, 0.15) is 0 Å². The van der Waals surface area contributed by atoms with Crippen LogP contribution in [0.4, 0.5) is 0 Å². The number of aliphatic hydroxyl groups is 1. The Morgan fingerprint density at radius 2 is 2.12 bits per heavy atom. The predicted octanol–water partition coefficient (Wildman–Crippen LogP) is 0.848. The van der Waals surface area contributed by atoms with Crippen molar-refractivity contribution in [2.45, 2.75) is 45.3 Å². The van der Waals surface area contributed by atoms with Gasteiger partial charge in [-0.15, -0.1) is 0 Å². The molecule has 0 bridgehead atoms. The molecule has 102 valence electrons. The third-order valence-electron chi connectivity index (χ3n) is 3.79. The Morgan fingerprint density at radius 1 is 1.41 bits per heavy atom. The summed E-state index contributed by atoms with van der Waals surface area (Å²) in [5, 5.41) is 13.1. The molecule has 0 radical (unpaired) electrons. The quantitative estimate of drug-likeness (QED) is 0.697. The summed E-state index contributed by atoms with van der Waals surface area (Å²) in [4.78, 5) is 2.39. The number of hydrogen-bond donors (Lipinski definition) is 2. The van der Waals surface area contributed by atoms with Gasteiger partial charge in [-0.05, 0) is 32.9 Å². The van der Waals surface area contributed by atoms with E-state index >= 15 is 0 Å². The number of nitrogens with one attached hydrogen (secondary N) is 1. The number of likely N-dealkylation sites (N-methyl/N-ethyl adjacent to an activating group) is 1. The van der Waals surface area contributed by atoms with E-state index in [9.17, 15) is 5.11 Å². The first-order chi connectivity index (χ1) is 8.15. The monoisotopic (exact) mass is 244 g/mol. The lowest BCUT2D eigenvalue weighted by Crippen LogP contribution is -2.55. The zero-order valence-corrected chi connectivity index (χ0v) is 11.5. The molecular formula is C13H28N2O2. The van der Waals surface area contributed by atoms with Gasteiger partial charge in [0.15, 0.2) is 0 Å². The first-order valence-corrected chi connectivity index (χ1v) is 6.85. The summed E-state index contributed by atoms with van der Waals surface area (Å²) in [6, 6.07) is 0. The van der Waals surface area contributed by atoms with Crippen LogP contribution in [0, 0.1) is 0 Å². The van der Waals surface area contributed by atoms with E-state index in [4.69, 9.17) is 4.74 Å². The first kappa shape index (κ1) is 14.9. The Hall–Kier alpha value is -0.160. The summed E-state index contributed by atoms with van der Waals surface area (Å²) >= 11 is 0. The highest BCUT2D eigenvalue weighted by molar-refractivity contribution is 4.92. The van der Waals surface area contributed by atoms with E-state index in [2.05, 4.69) is 31.0 Å². The summed E-state index contributed by atoms with van der Waals surface area (Å²) in [7, 11) is 0. The van der Waals surface area contributed by atoms with E-state index < -0.39 is 0 Å². The van der Waals surface area contributed by atoms with E-state index in [0.29, 0.717) is 0 Å². The molecule has 4 heteroatoms. The third-order valence-corrected chi connectivity index (χ3v) is 3.79. The summed E-state index contributed by atoms with van der Waals surface area (Å²) < 4.78 is 5.54. The fraction of sp³-hybridized carbons (Fsp3) is 1.00. The van der Waals surface area contributed by atoms with Gasteiger partial charge in [0.05, 0.1) is 12.7 Å². The Balaban J connectivity index is 2.35. The van der Waals surface area contributed by atoms with Crippen LogP contribution in [0.2, 0.25) is 0 Å². The van der Waals surface area contributed by atoms with Gasteiger partial charge in [0.25, 0.3) is 0 Å². The second-order valence-electron chi connectivity index (χ2n) is 5.03. The molecule has 1 aliphatic heterocycles. The largest absolute Gasteiger partial charge is 0.394 e. The number of rotatable bonds is 7. The number of nitrogens with zero attached hydrogens (tertiary/aromatic N) is 1. The minimum Gasteiger partial charge on any atom is -0.394 e. The van der Waals surface area contributed by atoms with Crippen molar-refractivity contribution in [3.05, 3.63) is 0 Å². The third kappa shape index (κ3) is 4.54. The zero-order chi connectivity index (χ0) is 12.7. The summed E-state index contributed by atoms with van der Waals surface area (Å²) in [5.41, 5.74) is -0.120. The molecule has 4 nitrogen and oxygen atoms in total. The number of hydrogen-bond acceptors (Lipinski definition) is 4. The van der Waals surface area contributed by atoms with Crippen molar-refractivity contribution in [1.82, 2.24) is 10.2 Å². The van der Waals surface area contributed by atoms with E-state index in [1.807, 2.05) is 0 Å². The van der Waals surface area contributed by atoms with Crippen LogP contribution in [0.3, 0.4) is 0 Å². The maximum absolute atomic E-state index is 9.61. The zero-order valence-electron chi connectivity index (χ0n) is 11.5. The Labute approximate surface area is 105 Å². The van der Waals surface area contributed by atoms with E-state index in [1.165, 1.54) is 0 Å². The van der Waals surface area contributed by atoms with Crippen LogP contribution < -0.4 is 5.32 Å². The van der Waals surface area contributed by atoms with Crippen molar-refractivity contribution in [2.24, 2.45) is 0 Å². The molecule has 1 saturated heterocycles. The lowest BCUT2D eigenvalue weighted by Gasteiger charge is -2.40. The van der Waals surface area contributed by atoms with Crippen molar-refractivity contribution < 1.29 is 9.84 Å². The van der Waals surface area contributed by atoms with Crippen LogP contribution in [-0.4, -0.2) is 61.0 Å². The van der Waals surface area contributed by atoms with Crippen molar-refractivity contribution in [2.75, 3.05) is 39.4 Å². The van der Waals surface area contributed by atoms with E-state index in [0.717, 1.165) is 45.6 Å². The maximum atomic E-state index is 9.61. The first-order valence-electron chi connectivity index (χ1n) is 6.85. The fourth-order valence-electron chi connectivity index (χ4n) is 2.55. The Morgan fingerprint density at radius 3 is 2.65 bits per heavy atom. The van der Waals surface area contributed by atoms with Gasteiger partial charge in [-0.25, -0.2) is 0 Å². The van der Waals surface area contributed by atoms with Gasteiger partial charge in [0, 0.05) is 25.2 Å². The predicted molar refractivity (Wildman–Crippen MR) is 70.3 cm³/mol. The molecule has 0 aliphatic carbocycles. The molecule has 17 heavy (non-hydrogen) atoms. The lowest BCUT2D eigenvalue weighted by atomic mass is 9.88. The highest BCUT2D eigenvalue weighted by Crippen LogP contribution is 2.24. The molecule has 1 aliphatic rings. The van der Waals surface area contributed by atoms with Crippen LogP contribution in [0.1, 0.15) is 33.6 Å². The summed E-state index contributed by atoms with van der Waals surface area (Å²) in [6.45, 7) is 11.6. The minimum absolute atomic E-state index is 0.120. The molecule has 0 aromatic carbocycles. The molecule has 1 heterocycles. The SMILES string of the molecule is CCN(CC)CCNC1(CO)CCOC(C)C1. The van der Waals surface area contributed by atoms with Gasteiger partial charge in [-0.2, -0.15) is 0 Å². The molecule has 2 atom stereocenters. The smallest absolute Gasteiger partial charge is 0.0615 e.